The Hall–Kier alpha value is -2.96. The third kappa shape index (κ3) is 4.13. The van der Waals surface area contributed by atoms with E-state index < -0.39 is 10.0 Å². The Kier molecular flexibility index (Phi) is 4.98. The van der Waals surface area contributed by atoms with Crippen molar-refractivity contribution < 1.29 is 13.2 Å². The summed E-state index contributed by atoms with van der Waals surface area (Å²) in [4.78, 5) is 12.8. The van der Waals surface area contributed by atoms with Crippen LogP contribution in [-0.4, -0.2) is 20.4 Å². The van der Waals surface area contributed by atoms with Crippen LogP contribution in [0.4, 0.5) is 5.69 Å². The van der Waals surface area contributed by atoms with Gasteiger partial charge in [0.1, 0.15) is 0 Å². The number of para-hydroxylation sites is 1. The van der Waals surface area contributed by atoms with Gasteiger partial charge < -0.3 is 5.32 Å². The molecule has 0 aromatic heterocycles. The van der Waals surface area contributed by atoms with Gasteiger partial charge in [-0.15, -0.1) is 0 Å². The van der Waals surface area contributed by atoms with Gasteiger partial charge >= 0.3 is 0 Å². The van der Waals surface area contributed by atoms with Crippen molar-refractivity contribution in [2.45, 2.75) is 23.8 Å². The van der Waals surface area contributed by atoms with Crippen molar-refractivity contribution in [2.24, 2.45) is 0 Å². The lowest BCUT2D eigenvalue weighted by Crippen LogP contribution is -2.25. The first-order valence-corrected chi connectivity index (χ1v) is 10.6. The Morgan fingerprint density at radius 3 is 2.14 bits per heavy atom. The number of sulfonamides is 1. The highest BCUT2D eigenvalue weighted by atomic mass is 32.2. The average molecular weight is 392 g/mol. The molecule has 0 radical (unpaired) electrons. The third-order valence-electron chi connectivity index (χ3n) is 4.59. The van der Waals surface area contributed by atoms with E-state index in [1.54, 1.807) is 0 Å². The predicted molar refractivity (Wildman–Crippen MR) is 110 cm³/mol. The van der Waals surface area contributed by atoms with E-state index in [2.05, 4.69) is 10.0 Å². The van der Waals surface area contributed by atoms with E-state index in [0.717, 1.165) is 24.0 Å². The van der Waals surface area contributed by atoms with Gasteiger partial charge in [-0.1, -0.05) is 48.5 Å². The van der Waals surface area contributed by atoms with Gasteiger partial charge in [-0.2, -0.15) is 0 Å². The van der Waals surface area contributed by atoms with Crippen LogP contribution < -0.4 is 10.0 Å². The van der Waals surface area contributed by atoms with Gasteiger partial charge in [0.25, 0.3) is 5.91 Å². The first-order chi connectivity index (χ1) is 13.5. The number of amides is 1. The second-order valence-electron chi connectivity index (χ2n) is 6.79. The van der Waals surface area contributed by atoms with Crippen molar-refractivity contribution in [2.75, 3.05) is 5.32 Å². The van der Waals surface area contributed by atoms with Crippen LogP contribution in [-0.2, 0) is 10.0 Å². The van der Waals surface area contributed by atoms with Crippen LogP contribution in [0.2, 0.25) is 0 Å². The maximum absolute atomic E-state index is 12.7. The quantitative estimate of drug-likeness (QED) is 0.665. The molecule has 5 nitrogen and oxygen atoms in total. The van der Waals surface area contributed by atoms with Gasteiger partial charge in [0, 0.05) is 22.9 Å². The average Bonchev–Trinajstić information content (AvgIpc) is 3.52. The number of hydrogen-bond acceptors (Lipinski definition) is 3. The largest absolute Gasteiger partial charge is 0.321 e. The molecule has 1 aliphatic carbocycles. The molecule has 28 heavy (non-hydrogen) atoms. The van der Waals surface area contributed by atoms with Crippen LogP contribution in [0.15, 0.2) is 83.8 Å². The van der Waals surface area contributed by atoms with E-state index in [4.69, 9.17) is 0 Å². The molecule has 6 heteroatoms. The van der Waals surface area contributed by atoms with Crippen LogP contribution in [0.5, 0.6) is 0 Å². The van der Waals surface area contributed by atoms with Crippen molar-refractivity contribution in [1.82, 2.24) is 4.72 Å². The number of anilines is 1. The normalized spacial score (nSPS) is 13.9. The summed E-state index contributed by atoms with van der Waals surface area (Å²) in [6, 6.07) is 23.4. The number of hydrogen-bond donors (Lipinski definition) is 2. The topological polar surface area (TPSA) is 75.3 Å². The number of benzene rings is 3. The summed E-state index contributed by atoms with van der Waals surface area (Å²) >= 11 is 0. The van der Waals surface area contributed by atoms with Gasteiger partial charge in [0.05, 0.1) is 4.90 Å². The molecule has 1 aliphatic rings. The van der Waals surface area contributed by atoms with Gasteiger partial charge in [-0.25, -0.2) is 13.1 Å². The molecular formula is C22H20N2O3S. The third-order valence-corrected chi connectivity index (χ3v) is 6.12. The van der Waals surface area contributed by atoms with E-state index in [0.29, 0.717) is 11.3 Å². The zero-order valence-corrected chi connectivity index (χ0v) is 15.9. The smallest absolute Gasteiger partial charge is 0.255 e. The highest BCUT2D eigenvalue weighted by Gasteiger charge is 2.28. The van der Waals surface area contributed by atoms with Crippen molar-refractivity contribution >= 4 is 21.6 Å². The van der Waals surface area contributed by atoms with Crippen LogP contribution in [0.25, 0.3) is 11.1 Å². The Morgan fingerprint density at radius 1 is 0.821 bits per heavy atom. The summed E-state index contributed by atoms with van der Waals surface area (Å²) in [6.45, 7) is 0. The number of carbonyl (C=O) groups is 1. The minimum absolute atomic E-state index is 0.0439. The highest BCUT2D eigenvalue weighted by molar-refractivity contribution is 7.89. The minimum Gasteiger partial charge on any atom is -0.321 e. The molecule has 2 N–H and O–H groups in total. The van der Waals surface area contributed by atoms with Crippen LogP contribution in [0.3, 0.4) is 0 Å². The van der Waals surface area contributed by atoms with Gasteiger partial charge in [-0.3, -0.25) is 4.79 Å². The zero-order valence-electron chi connectivity index (χ0n) is 15.1. The maximum atomic E-state index is 12.7. The molecule has 0 spiro atoms. The molecular weight excluding hydrogens is 372 g/mol. The molecule has 0 atom stereocenters. The number of carbonyl (C=O) groups excluding carboxylic acids is 1. The second kappa shape index (κ2) is 7.58. The summed E-state index contributed by atoms with van der Waals surface area (Å²) in [7, 11) is -3.52. The monoisotopic (exact) mass is 392 g/mol. The molecule has 3 aromatic carbocycles. The van der Waals surface area contributed by atoms with Crippen molar-refractivity contribution in [3.8, 4) is 11.1 Å². The molecule has 4 rings (SSSR count). The van der Waals surface area contributed by atoms with Gasteiger partial charge in [0.2, 0.25) is 10.0 Å². The van der Waals surface area contributed by atoms with E-state index >= 15 is 0 Å². The van der Waals surface area contributed by atoms with Crippen LogP contribution in [0.1, 0.15) is 23.2 Å². The van der Waals surface area contributed by atoms with Gasteiger partial charge in [-0.05, 0) is 48.7 Å². The lowest BCUT2D eigenvalue weighted by atomic mass is 10.0. The molecule has 1 fully saturated rings. The summed E-state index contributed by atoms with van der Waals surface area (Å²) in [5.41, 5.74) is 3.02. The Labute approximate surface area is 164 Å². The van der Waals surface area contributed by atoms with Gasteiger partial charge in [0.15, 0.2) is 0 Å². The summed E-state index contributed by atoms with van der Waals surface area (Å²) in [5.74, 6) is -0.289. The Bertz CT molecular complexity index is 1090. The number of rotatable bonds is 6. The van der Waals surface area contributed by atoms with E-state index in [9.17, 15) is 13.2 Å². The molecule has 0 bridgehead atoms. The van der Waals surface area contributed by atoms with Crippen molar-refractivity contribution in [3.63, 3.8) is 0 Å². The van der Waals surface area contributed by atoms with Crippen LogP contribution >= 0.6 is 0 Å². The first kappa shape index (κ1) is 18.4. The molecule has 1 amide bonds. The zero-order chi connectivity index (χ0) is 19.6. The number of nitrogens with one attached hydrogen (secondary N) is 2. The minimum atomic E-state index is -3.52. The SMILES string of the molecule is O=C(Nc1ccccc1-c1ccccc1)c1ccc(S(=O)(=O)NC2CC2)cc1. The summed E-state index contributed by atoms with van der Waals surface area (Å²) in [6.07, 6.45) is 1.75. The predicted octanol–water partition coefficient (Wildman–Crippen LogP) is 4.05. The lowest BCUT2D eigenvalue weighted by Gasteiger charge is -2.12. The first-order valence-electron chi connectivity index (χ1n) is 9.11. The fourth-order valence-corrected chi connectivity index (χ4v) is 4.24. The molecule has 3 aromatic rings. The Morgan fingerprint density at radius 2 is 1.46 bits per heavy atom. The summed E-state index contributed by atoms with van der Waals surface area (Å²) < 4.78 is 27.1. The van der Waals surface area contributed by atoms with Crippen molar-refractivity contribution in [3.05, 3.63) is 84.4 Å². The highest BCUT2D eigenvalue weighted by Crippen LogP contribution is 2.28. The molecule has 0 saturated heterocycles. The summed E-state index contributed by atoms with van der Waals surface area (Å²) in [5, 5.41) is 2.92. The molecule has 1 saturated carbocycles. The van der Waals surface area contributed by atoms with Crippen molar-refractivity contribution in [1.29, 1.82) is 0 Å². The molecule has 0 aliphatic heterocycles. The maximum Gasteiger partial charge on any atom is 0.255 e. The fraction of sp³-hybridized carbons (Fsp3) is 0.136. The Balaban J connectivity index is 1.53. The lowest BCUT2D eigenvalue weighted by molar-refractivity contribution is 0.102. The molecule has 0 unspecified atom stereocenters. The second-order valence-corrected chi connectivity index (χ2v) is 8.50. The fourth-order valence-electron chi connectivity index (χ4n) is 2.93. The molecule has 0 heterocycles. The van der Waals surface area contributed by atoms with E-state index in [1.165, 1.54) is 24.3 Å². The van der Waals surface area contributed by atoms with Crippen LogP contribution in [0, 0.1) is 0 Å². The van der Waals surface area contributed by atoms with E-state index in [1.807, 2.05) is 54.6 Å². The van der Waals surface area contributed by atoms with E-state index in [-0.39, 0.29) is 16.8 Å². The molecule has 142 valence electrons. The standard InChI is InChI=1S/C22H20N2O3S/c25-22(17-10-14-19(15-11-17)28(26,27)24-18-12-13-18)23-21-9-5-4-8-20(21)16-6-2-1-3-7-16/h1-11,14-15,18,24H,12-13H2,(H,23,25).